The van der Waals surface area contributed by atoms with Gasteiger partial charge < -0.3 is 24.8 Å². The van der Waals surface area contributed by atoms with Gasteiger partial charge >= 0.3 is 0 Å². The van der Waals surface area contributed by atoms with Gasteiger partial charge in [0.15, 0.2) is 6.61 Å². The number of amides is 2. The van der Waals surface area contributed by atoms with E-state index < -0.39 is 0 Å². The second kappa shape index (κ2) is 9.82. The van der Waals surface area contributed by atoms with Crippen molar-refractivity contribution in [1.82, 2.24) is 10.6 Å². The molecule has 0 spiro atoms. The molecule has 0 unspecified atom stereocenters. The molecule has 1 saturated carbocycles. The van der Waals surface area contributed by atoms with Crippen molar-refractivity contribution in [1.29, 1.82) is 0 Å². The lowest BCUT2D eigenvalue weighted by Gasteiger charge is -2.10. The molecule has 0 saturated heterocycles. The summed E-state index contributed by atoms with van der Waals surface area (Å²) in [6, 6.07) is 12.9. The summed E-state index contributed by atoms with van der Waals surface area (Å²) in [7, 11) is 3.09. The van der Waals surface area contributed by atoms with Gasteiger partial charge in [-0.05, 0) is 49.1 Å². The van der Waals surface area contributed by atoms with Gasteiger partial charge in [0.2, 0.25) is 0 Å². The molecule has 29 heavy (non-hydrogen) atoms. The Morgan fingerprint density at radius 1 is 0.966 bits per heavy atom. The first-order chi connectivity index (χ1) is 14.1. The van der Waals surface area contributed by atoms with E-state index in [9.17, 15) is 9.59 Å². The highest BCUT2D eigenvalue weighted by molar-refractivity contribution is 5.95. The van der Waals surface area contributed by atoms with Crippen molar-refractivity contribution in [3.8, 4) is 17.2 Å². The first-order valence-corrected chi connectivity index (χ1v) is 9.60. The minimum atomic E-state index is -0.191. The Labute approximate surface area is 170 Å². The third-order valence-electron chi connectivity index (χ3n) is 4.55. The standard InChI is InChI=1S/C22H26N2O5/c1-27-19-11-16(12-20(13-19)28-2)22(26)23-10-9-15-3-7-18(8-4-15)29-14-21(25)24-17-5-6-17/h3-4,7-8,11-13,17H,5-6,9-10,14H2,1-2H3,(H,23,26)(H,24,25). The summed E-state index contributed by atoms with van der Waals surface area (Å²) >= 11 is 0. The van der Waals surface area contributed by atoms with Crippen molar-refractivity contribution in [2.75, 3.05) is 27.4 Å². The summed E-state index contributed by atoms with van der Waals surface area (Å²) in [5, 5.41) is 5.78. The molecular formula is C22H26N2O5. The molecule has 0 radical (unpaired) electrons. The van der Waals surface area contributed by atoms with Crippen LogP contribution in [0.4, 0.5) is 0 Å². The van der Waals surface area contributed by atoms with Crippen LogP contribution in [0.3, 0.4) is 0 Å². The first-order valence-electron chi connectivity index (χ1n) is 9.60. The third-order valence-corrected chi connectivity index (χ3v) is 4.55. The second-order valence-corrected chi connectivity index (χ2v) is 6.88. The molecule has 0 aliphatic heterocycles. The van der Waals surface area contributed by atoms with Crippen molar-refractivity contribution in [3.05, 3.63) is 53.6 Å². The Hall–Kier alpha value is -3.22. The lowest BCUT2D eigenvalue weighted by molar-refractivity contribution is -0.123. The largest absolute Gasteiger partial charge is 0.497 e. The zero-order valence-electron chi connectivity index (χ0n) is 16.7. The summed E-state index contributed by atoms with van der Waals surface area (Å²) in [6.07, 6.45) is 2.79. The van der Waals surface area contributed by atoms with Crippen molar-refractivity contribution in [3.63, 3.8) is 0 Å². The number of benzene rings is 2. The Balaban J connectivity index is 1.44. The van der Waals surface area contributed by atoms with Gasteiger partial charge in [0.25, 0.3) is 11.8 Å². The number of hydrogen-bond acceptors (Lipinski definition) is 5. The molecule has 1 aliphatic rings. The number of rotatable bonds is 10. The van der Waals surface area contributed by atoms with Crippen molar-refractivity contribution < 1.29 is 23.8 Å². The highest BCUT2D eigenvalue weighted by Gasteiger charge is 2.23. The van der Waals surface area contributed by atoms with E-state index in [1.807, 2.05) is 24.3 Å². The quantitative estimate of drug-likeness (QED) is 0.642. The van der Waals surface area contributed by atoms with Crippen LogP contribution in [0, 0.1) is 0 Å². The summed E-state index contributed by atoms with van der Waals surface area (Å²) in [6.45, 7) is 0.512. The van der Waals surface area contributed by atoms with E-state index in [-0.39, 0.29) is 18.4 Å². The number of hydrogen-bond donors (Lipinski definition) is 2. The van der Waals surface area contributed by atoms with Crippen LogP contribution in [0.25, 0.3) is 0 Å². The van der Waals surface area contributed by atoms with Crippen LogP contribution in [0.2, 0.25) is 0 Å². The van der Waals surface area contributed by atoms with E-state index >= 15 is 0 Å². The molecule has 0 heterocycles. The molecule has 7 heteroatoms. The van der Waals surface area contributed by atoms with E-state index in [4.69, 9.17) is 14.2 Å². The lowest BCUT2D eigenvalue weighted by atomic mass is 10.1. The molecule has 2 aromatic carbocycles. The molecule has 1 fully saturated rings. The van der Waals surface area contributed by atoms with E-state index in [1.54, 1.807) is 32.4 Å². The predicted molar refractivity (Wildman–Crippen MR) is 109 cm³/mol. The molecule has 1 aliphatic carbocycles. The van der Waals surface area contributed by atoms with Gasteiger partial charge in [-0.2, -0.15) is 0 Å². The SMILES string of the molecule is COc1cc(OC)cc(C(=O)NCCc2ccc(OCC(=O)NC3CC3)cc2)c1. The summed E-state index contributed by atoms with van der Waals surface area (Å²) in [4.78, 5) is 24.0. The van der Waals surface area contributed by atoms with Crippen molar-refractivity contribution in [2.24, 2.45) is 0 Å². The number of carbonyl (C=O) groups excluding carboxylic acids is 2. The number of ether oxygens (including phenoxy) is 3. The topological polar surface area (TPSA) is 85.9 Å². The highest BCUT2D eigenvalue weighted by atomic mass is 16.5. The fraction of sp³-hybridized carbons (Fsp3) is 0.364. The minimum absolute atomic E-state index is 0.0237. The summed E-state index contributed by atoms with van der Waals surface area (Å²) < 4.78 is 15.9. The number of nitrogens with one attached hydrogen (secondary N) is 2. The van der Waals surface area contributed by atoms with Crippen LogP contribution >= 0.6 is 0 Å². The maximum Gasteiger partial charge on any atom is 0.258 e. The van der Waals surface area contributed by atoms with Crippen LogP contribution in [0.1, 0.15) is 28.8 Å². The van der Waals surface area contributed by atoms with Crippen LogP contribution in [-0.4, -0.2) is 45.2 Å². The third kappa shape index (κ3) is 6.41. The average Bonchev–Trinajstić information content (AvgIpc) is 3.56. The number of methoxy groups -OCH3 is 2. The van der Waals surface area contributed by atoms with Crippen LogP contribution < -0.4 is 24.8 Å². The van der Waals surface area contributed by atoms with E-state index in [0.29, 0.717) is 41.8 Å². The Morgan fingerprint density at radius 3 is 2.21 bits per heavy atom. The zero-order valence-corrected chi connectivity index (χ0v) is 16.7. The second-order valence-electron chi connectivity index (χ2n) is 6.88. The maximum absolute atomic E-state index is 12.4. The van der Waals surface area contributed by atoms with E-state index in [1.165, 1.54) is 0 Å². The monoisotopic (exact) mass is 398 g/mol. The minimum Gasteiger partial charge on any atom is -0.497 e. The normalized spacial score (nSPS) is 12.8. The average molecular weight is 398 g/mol. The zero-order chi connectivity index (χ0) is 20.6. The van der Waals surface area contributed by atoms with Crippen LogP contribution in [0.15, 0.2) is 42.5 Å². The lowest BCUT2D eigenvalue weighted by Crippen LogP contribution is -2.30. The molecule has 154 valence electrons. The van der Waals surface area contributed by atoms with Gasteiger partial charge in [-0.3, -0.25) is 9.59 Å². The molecule has 2 aromatic rings. The summed E-state index contributed by atoms with van der Waals surface area (Å²) in [5.41, 5.74) is 1.54. The summed E-state index contributed by atoms with van der Waals surface area (Å²) in [5.74, 6) is 1.50. The van der Waals surface area contributed by atoms with Gasteiger partial charge in [-0.1, -0.05) is 12.1 Å². The van der Waals surface area contributed by atoms with E-state index in [0.717, 1.165) is 18.4 Å². The fourth-order valence-electron chi connectivity index (χ4n) is 2.76. The van der Waals surface area contributed by atoms with Gasteiger partial charge in [-0.25, -0.2) is 0 Å². The molecule has 0 atom stereocenters. The first kappa shape index (κ1) is 20.5. The Kier molecular flexibility index (Phi) is 6.94. The van der Waals surface area contributed by atoms with E-state index in [2.05, 4.69) is 10.6 Å². The molecule has 7 nitrogen and oxygen atoms in total. The molecule has 2 amide bonds. The maximum atomic E-state index is 12.4. The van der Waals surface area contributed by atoms with Crippen LogP contribution in [-0.2, 0) is 11.2 Å². The van der Waals surface area contributed by atoms with Crippen LogP contribution in [0.5, 0.6) is 17.2 Å². The molecule has 0 aromatic heterocycles. The van der Waals surface area contributed by atoms with Gasteiger partial charge in [0.1, 0.15) is 17.2 Å². The fourth-order valence-corrected chi connectivity index (χ4v) is 2.76. The molecule has 3 rings (SSSR count). The van der Waals surface area contributed by atoms with Gasteiger partial charge in [0.05, 0.1) is 14.2 Å². The van der Waals surface area contributed by atoms with Crippen molar-refractivity contribution in [2.45, 2.75) is 25.3 Å². The smallest absolute Gasteiger partial charge is 0.258 e. The molecule has 0 bridgehead atoms. The Morgan fingerprint density at radius 2 is 1.62 bits per heavy atom. The predicted octanol–water partition coefficient (Wildman–Crippen LogP) is 2.33. The van der Waals surface area contributed by atoms with Crippen molar-refractivity contribution >= 4 is 11.8 Å². The highest BCUT2D eigenvalue weighted by Crippen LogP contribution is 2.22. The molecular weight excluding hydrogens is 372 g/mol. The molecule has 2 N–H and O–H groups in total. The Bertz CT molecular complexity index is 825. The van der Waals surface area contributed by atoms with Gasteiger partial charge in [0, 0.05) is 24.2 Å². The van der Waals surface area contributed by atoms with Gasteiger partial charge in [-0.15, -0.1) is 0 Å². The number of carbonyl (C=O) groups is 2.